The Kier molecular flexibility index (Phi) is 3.09. The molecular formula is C11H20O2Si. The van der Waals surface area contributed by atoms with E-state index < -0.39 is 8.07 Å². The predicted molar refractivity (Wildman–Crippen MR) is 61.4 cm³/mol. The van der Waals surface area contributed by atoms with E-state index in [1.54, 1.807) is 12.5 Å². The first-order chi connectivity index (χ1) is 6.33. The SMILES string of the molecule is CC(C)(C)[Si](C)(C)COc1ccoc1. The summed E-state index contributed by atoms with van der Waals surface area (Å²) in [6.45, 7) is 11.6. The van der Waals surface area contributed by atoms with E-state index in [-0.39, 0.29) is 0 Å². The van der Waals surface area contributed by atoms with Gasteiger partial charge in [-0.2, -0.15) is 0 Å². The summed E-state index contributed by atoms with van der Waals surface area (Å²) in [4.78, 5) is 0. The second kappa shape index (κ2) is 3.81. The average Bonchev–Trinajstić information content (AvgIpc) is 2.50. The monoisotopic (exact) mass is 212 g/mol. The molecule has 14 heavy (non-hydrogen) atoms. The molecule has 0 saturated carbocycles. The molecule has 0 aliphatic carbocycles. The summed E-state index contributed by atoms with van der Waals surface area (Å²) in [7, 11) is -1.32. The first-order valence-corrected chi connectivity index (χ1v) is 8.19. The van der Waals surface area contributed by atoms with Crippen LogP contribution in [0.3, 0.4) is 0 Å². The lowest BCUT2D eigenvalue weighted by Crippen LogP contribution is -2.43. The molecule has 0 amide bonds. The number of furan rings is 1. The lowest BCUT2D eigenvalue weighted by atomic mass is 10.2. The Bertz CT molecular complexity index is 270. The van der Waals surface area contributed by atoms with Crippen molar-refractivity contribution in [1.82, 2.24) is 0 Å². The van der Waals surface area contributed by atoms with Gasteiger partial charge >= 0.3 is 0 Å². The van der Waals surface area contributed by atoms with Crippen LogP contribution in [0.25, 0.3) is 0 Å². The summed E-state index contributed by atoms with van der Waals surface area (Å²) < 4.78 is 10.7. The second-order valence-electron chi connectivity index (χ2n) is 5.38. The van der Waals surface area contributed by atoms with Gasteiger partial charge in [-0.15, -0.1) is 0 Å². The van der Waals surface area contributed by atoms with Crippen molar-refractivity contribution < 1.29 is 9.15 Å². The minimum atomic E-state index is -1.32. The van der Waals surface area contributed by atoms with Crippen molar-refractivity contribution in [2.75, 3.05) is 6.23 Å². The quantitative estimate of drug-likeness (QED) is 0.713. The molecular weight excluding hydrogens is 192 g/mol. The second-order valence-corrected chi connectivity index (χ2v) is 10.9. The van der Waals surface area contributed by atoms with Gasteiger partial charge < -0.3 is 9.15 Å². The van der Waals surface area contributed by atoms with Crippen LogP contribution in [0.2, 0.25) is 18.1 Å². The molecule has 2 nitrogen and oxygen atoms in total. The Labute approximate surface area is 87.3 Å². The van der Waals surface area contributed by atoms with Crippen LogP contribution < -0.4 is 4.74 Å². The van der Waals surface area contributed by atoms with Crippen molar-refractivity contribution in [2.24, 2.45) is 0 Å². The van der Waals surface area contributed by atoms with E-state index in [9.17, 15) is 0 Å². The largest absolute Gasteiger partial charge is 0.494 e. The maximum Gasteiger partial charge on any atom is 0.156 e. The molecule has 0 atom stereocenters. The van der Waals surface area contributed by atoms with Crippen molar-refractivity contribution in [3.63, 3.8) is 0 Å². The topological polar surface area (TPSA) is 22.4 Å². The van der Waals surface area contributed by atoms with Gasteiger partial charge in [0, 0.05) is 6.07 Å². The lowest BCUT2D eigenvalue weighted by Gasteiger charge is -2.36. The molecule has 0 aliphatic heterocycles. The molecule has 1 aromatic rings. The van der Waals surface area contributed by atoms with Crippen LogP contribution >= 0.6 is 0 Å². The fraction of sp³-hybridized carbons (Fsp3) is 0.636. The average molecular weight is 212 g/mol. The molecule has 0 spiro atoms. The molecule has 0 aliphatic rings. The summed E-state index contributed by atoms with van der Waals surface area (Å²) in [6.07, 6.45) is 4.13. The van der Waals surface area contributed by atoms with Crippen molar-refractivity contribution in [1.29, 1.82) is 0 Å². The van der Waals surface area contributed by atoms with E-state index in [4.69, 9.17) is 9.15 Å². The molecule has 0 aromatic carbocycles. The van der Waals surface area contributed by atoms with Crippen LogP contribution in [0, 0.1) is 0 Å². The minimum absolute atomic E-state index is 0.372. The summed E-state index contributed by atoms with van der Waals surface area (Å²) in [5.74, 6) is 0.842. The third-order valence-corrected chi connectivity index (χ3v) is 8.05. The molecule has 0 fully saturated rings. The predicted octanol–water partition coefficient (Wildman–Crippen LogP) is 3.71. The van der Waals surface area contributed by atoms with Gasteiger partial charge in [-0.25, -0.2) is 0 Å². The van der Waals surface area contributed by atoms with Gasteiger partial charge in [-0.05, 0) is 5.04 Å². The van der Waals surface area contributed by atoms with E-state index in [2.05, 4.69) is 33.9 Å². The normalized spacial score (nSPS) is 12.9. The van der Waals surface area contributed by atoms with Crippen molar-refractivity contribution in [3.8, 4) is 5.75 Å². The summed E-state index contributed by atoms with van der Waals surface area (Å²) >= 11 is 0. The van der Waals surface area contributed by atoms with Gasteiger partial charge in [0.1, 0.15) is 6.26 Å². The van der Waals surface area contributed by atoms with Gasteiger partial charge in [0.15, 0.2) is 5.75 Å². The first kappa shape index (κ1) is 11.4. The van der Waals surface area contributed by atoms with Crippen molar-refractivity contribution in [3.05, 3.63) is 18.6 Å². The molecule has 0 bridgehead atoms. The van der Waals surface area contributed by atoms with Crippen LogP contribution in [0.4, 0.5) is 0 Å². The Morgan fingerprint density at radius 1 is 1.36 bits per heavy atom. The maximum absolute atomic E-state index is 5.71. The summed E-state index contributed by atoms with van der Waals surface area (Å²) in [5, 5.41) is 0.372. The zero-order valence-electron chi connectivity index (χ0n) is 9.76. The van der Waals surface area contributed by atoms with Gasteiger partial charge in [0.2, 0.25) is 0 Å². The number of hydrogen-bond donors (Lipinski definition) is 0. The van der Waals surface area contributed by atoms with Gasteiger partial charge in [-0.1, -0.05) is 33.9 Å². The summed E-state index contributed by atoms with van der Waals surface area (Å²) in [6, 6.07) is 1.85. The first-order valence-electron chi connectivity index (χ1n) is 4.98. The van der Waals surface area contributed by atoms with Gasteiger partial charge in [-0.3, -0.25) is 0 Å². The van der Waals surface area contributed by atoms with Crippen LogP contribution in [0.5, 0.6) is 5.75 Å². The highest BCUT2D eigenvalue weighted by Gasteiger charge is 2.36. The maximum atomic E-state index is 5.71. The fourth-order valence-electron chi connectivity index (χ4n) is 0.814. The van der Waals surface area contributed by atoms with E-state index in [0.717, 1.165) is 12.0 Å². The molecule has 1 heterocycles. The highest BCUT2D eigenvalue weighted by atomic mass is 28.3. The Hall–Kier alpha value is -0.703. The molecule has 0 unspecified atom stereocenters. The molecule has 0 radical (unpaired) electrons. The minimum Gasteiger partial charge on any atom is -0.494 e. The van der Waals surface area contributed by atoms with Crippen molar-refractivity contribution in [2.45, 2.75) is 38.9 Å². The molecule has 1 rings (SSSR count). The highest BCUT2D eigenvalue weighted by Crippen LogP contribution is 2.36. The van der Waals surface area contributed by atoms with Crippen LogP contribution in [0.15, 0.2) is 23.0 Å². The molecule has 0 saturated heterocycles. The standard InChI is InChI=1S/C11H20O2Si/c1-11(2,3)14(4,5)9-13-10-6-7-12-8-10/h6-8H,9H2,1-5H3. The number of hydrogen-bond acceptors (Lipinski definition) is 2. The highest BCUT2D eigenvalue weighted by molar-refractivity contribution is 6.80. The van der Waals surface area contributed by atoms with Gasteiger partial charge in [0.05, 0.1) is 20.6 Å². The molecule has 3 heteroatoms. The third-order valence-electron chi connectivity index (χ3n) is 3.13. The fourth-order valence-corrected chi connectivity index (χ4v) is 1.77. The zero-order chi connectivity index (χ0) is 10.8. The van der Waals surface area contributed by atoms with Crippen LogP contribution in [-0.2, 0) is 0 Å². The van der Waals surface area contributed by atoms with E-state index in [1.165, 1.54) is 0 Å². The third kappa shape index (κ3) is 2.64. The Morgan fingerprint density at radius 2 is 2.00 bits per heavy atom. The number of rotatable bonds is 3. The van der Waals surface area contributed by atoms with Crippen molar-refractivity contribution >= 4 is 8.07 Å². The molecule has 0 N–H and O–H groups in total. The summed E-state index contributed by atoms with van der Waals surface area (Å²) in [5.41, 5.74) is 0. The van der Waals surface area contributed by atoms with E-state index in [0.29, 0.717) is 5.04 Å². The zero-order valence-corrected chi connectivity index (χ0v) is 10.8. The Balaban J connectivity index is 2.53. The molecule has 1 aromatic heterocycles. The smallest absolute Gasteiger partial charge is 0.156 e. The van der Waals surface area contributed by atoms with E-state index in [1.807, 2.05) is 6.07 Å². The Morgan fingerprint density at radius 3 is 2.43 bits per heavy atom. The lowest BCUT2D eigenvalue weighted by molar-refractivity contribution is 0.364. The van der Waals surface area contributed by atoms with Gasteiger partial charge in [0.25, 0.3) is 0 Å². The number of ether oxygens (including phenoxy) is 1. The molecule has 80 valence electrons. The van der Waals surface area contributed by atoms with E-state index >= 15 is 0 Å². The van der Waals surface area contributed by atoms with Crippen LogP contribution in [-0.4, -0.2) is 14.3 Å². The van der Waals surface area contributed by atoms with Crippen LogP contribution in [0.1, 0.15) is 20.8 Å².